The van der Waals surface area contributed by atoms with Crippen LogP contribution in [0.3, 0.4) is 0 Å². The topological polar surface area (TPSA) is 0 Å². The Morgan fingerprint density at radius 2 is 1.92 bits per heavy atom. The SMILES string of the molecule is C[C@H]1Cc2ccccc2C(C)(C)C1. The first kappa shape index (κ1) is 8.80. The molecule has 0 aromatic heterocycles. The van der Waals surface area contributed by atoms with E-state index in [0.717, 1.165) is 5.92 Å². The van der Waals surface area contributed by atoms with E-state index in [-0.39, 0.29) is 0 Å². The average molecular weight is 174 g/mol. The summed E-state index contributed by atoms with van der Waals surface area (Å²) in [7, 11) is 0. The third-order valence-corrected chi connectivity index (χ3v) is 3.17. The molecule has 0 amide bonds. The molecule has 0 spiro atoms. The normalized spacial score (nSPS) is 25.3. The molecule has 1 aromatic carbocycles. The number of hydrogen-bond acceptors (Lipinski definition) is 0. The van der Waals surface area contributed by atoms with Gasteiger partial charge in [0.05, 0.1) is 0 Å². The molecule has 2 rings (SSSR count). The summed E-state index contributed by atoms with van der Waals surface area (Å²) < 4.78 is 0. The van der Waals surface area contributed by atoms with E-state index in [1.807, 2.05) is 0 Å². The van der Waals surface area contributed by atoms with E-state index in [1.54, 1.807) is 11.1 Å². The number of benzene rings is 1. The van der Waals surface area contributed by atoms with Crippen LogP contribution in [0.2, 0.25) is 0 Å². The van der Waals surface area contributed by atoms with Crippen molar-refractivity contribution < 1.29 is 0 Å². The summed E-state index contributed by atoms with van der Waals surface area (Å²) >= 11 is 0. The number of rotatable bonds is 0. The maximum absolute atomic E-state index is 2.36. The molecule has 1 aliphatic rings. The van der Waals surface area contributed by atoms with Crippen LogP contribution in [-0.2, 0) is 11.8 Å². The zero-order valence-corrected chi connectivity index (χ0v) is 8.80. The number of fused-ring (bicyclic) bond motifs is 1. The molecule has 0 radical (unpaired) electrons. The third-order valence-electron chi connectivity index (χ3n) is 3.17. The average Bonchev–Trinajstić information content (AvgIpc) is 2.02. The van der Waals surface area contributed by atoms with Crippen molar-refractivity contribution in [3.63, 3.8) is 0 Å². The molecular formula is C13H18. The van der Waals surface area contributed by atoms with Gasteiger partial charge < -0.3 is 0 Å². The van der Waals surface area contributed by atoms with Crippen LogP contribution in [0.15, 0.2) is 24.3 Å². The molecule has 0 bridgehead atoms. The molecule has 0 N–H and O–H groups in total. The Labute approximate surface area is 81.0 Å². The first-order valence-electron chi connectivity index (χ1n) is 5.18. The second kappa shape index (κ2) is 2.87. The molecule has 0 saturated carbocycles. The molecule has 70 valence electrons. The summed E-state index contributed by atoms with van der Waals surface area (Å²) in [5.41, 5.74) is 3.51. The van der Waals surface area contributed by atoms with Crippen molar-refractivity contribution in [2.45, 2.75) is 39.0 Å². The lowest BCUT2D eigenvalue weighted by Crippen LogP contribution is -2.28. The fourth-order valence-electron chi connectivity index (χ4n) is 2.79. The van der Waals surface area contributed by atoms with Crippen LogP contribution >= 0.6 is 0 Å². The molecule has 13 heavy (non-hydrogen) atoms. The van der Waals surface area contributed by atoms with E-state index in [9.17, 15) is 0 Å². The molecule has 0 heterocycles. The standard InChI is InChI=1S/C13H18/c1-10-8-11-6-4-5-7-12(11)13(2,3)9-10/h4-7,10H,8-9H2,1-3H3/t10-/m0/s1. The maximum Gasteiger partial charge on any atom is -0.00982 e. The zero-order chi connectivity index (χ0) is 9.47. The van der Waals surface area contributed by atoms with Gasteiger partial charge in [0.1, 0.15) is 0 Å². The Bertz CT molecular complexity index is 310. The van der Waals surface area contributed by atoms with Gasteiger partial charge in [0.15, 0.2) is 0 Å². The highest BCUT2D eigenvalue weighted by molar-refractivity contribution is 5.35. The van der Waals surface area contributed by atoms with Gasteiger partial charge in [-0.25, -0.2) is 0 Å². The minimum atomic E-state index is 0.383. The highest BCUT2D eigenvalue weighted by atomic mass is 14.3. The van der Waals surface area contributed by atoms with Gasteiger partial charge in [0.25, 0.3) is 0 Å². The van der Waals surface area contributed by atoms with Crippen molar-refractivity contribution in [3.05, 3.63) is 35.4 Å². The lowest BCUT2D eigenvalue weighted by Gasteiger charge is -2.36. The summed E-state index contributed by atoms with van der Waals surface area (Å²) in [6.45, 7) is 7.08. The summed E-state index contributed by atoms with van der Waals surface area (Å²) in [4.78, 5) is 0. The monoisotopic (exact) mass is 174 g/mol. The largest absolute Gasteiger partial charge is 0.0622 e. The zero-order valence-electron chi connectivity index (χ0n) is 8.80. The summed E-state index contributed by atoms with van der Waals surface area (Å²) in [6, 6.07) is 8.90. The van der Waals surface area contributed by atoms with E-state index in [2.05, 4.69) is 45.0 Å². The van der Waals surface area contributed by atoms with Gasteiger partial charge in [-0.1, -0.05) is 45.0 Å². The number of hydrogen-bond donors (Lipinski definition) is 0. The van der Waals surface area contributed by atoms with Gasteiger partial charge in [-0.15, -0.1) is 0 Å². The van der Waals surface area contributed by atoms with Crippen LogP contribution in [0.25, 0.3) is 0 Å². The molecule has 0 nitrogen and oxygen atoms in total. The van der Waals surface area contributed by atoms with Gasteiger partial charge in [0.2, 0.25) is 0 Å². The molecule has 0 unspecified atom stereocenters. The minimum absolute atomic E-state index is 0.383. The Kier molecular flexibility index (Phi) is 1.94. The Morgan fingerprint density at radius 3 is 2.69 bits per heavy atom. The predicted molar refractivity (Wildman–Crippen MR) is 57.0 cm³/mol. The fraction of sp³-hybridized carbons (Fsp3) is 0.538. The molecule has 1 aliphatic carbocycles. The van der Waals surface area contributed by atoms with E-state index in [0.29, 0.717) is 5.41 Å². The summed E-state index contributed by atoms with van der Waals surface area (Å²) in [5, 5.41) is 0. The van der Waals surface area contributed by atoms with Crippen molar-refractivity contribution in [2.75, 3.05) is 0 Å². The Balaban J connectivity index is 2.50. The lowest BCUT2D eigenvalue weighted by molar-refractivity contribution is 0.348. The van der Waals surface area contributed by atoms with Gasteiger partial charge >= 0.3 is 0 Å². The predicted octanol–water partition coefficient (Wildman–Crippen LogP) is 3.55. The highest BCUT2D eigenvalue weighted by Gasteiger charge is 2.30. The van der Waals surface area contributed by atoms with Crippen LogP contribution < -0.4 is 0 Å². The van der Waals surface area contributed by atoms with Crippen LogP contribution in [0.4, 0.5) is 0 Å². The fourth-order valence-corrected chi connectivity index (χ4v) is 2.79. The molecular weight excluding hydrogens is 156 g/mol. The molecule has 0 aliphatic heterocycles. The van der Waals surface area contributed by atoms with Crippen molar-refractivity contribution in [3.8, 4) is 0 Å². The highest BCUT2D eigenvalue weighted by Crippen LogP contribution is 2.38. The Hall–Kier alpha value is -0.780. The van der Waals surface area contributed by atoms with Crippen molar-refractivity contribution in [1.29, 1.82) is 0 Å². The van der Waals surface area contributed by atoms with Crippen LogP contribution in [0.1, 0.15) is 38.3 Å². The van der Waals surface area contributed by atoms with Gasteiger partial charge in [-0.2, -0.15) is 0 Å². The first-order chi connectivity index (χ1) is 6.09. The van der Waals surface area contributed by atoms with Crippen molar-refractivity contribution >= 4 is 0 Å². The smallest absolute Gasteiger partial charge is 0.00982 e. The lowest BCUT2D eigenvalue weighted by atomic mass is 9.69. The second-order valence-corrected chi connectivity index (χ2v) is 5.05. The van der Waals surface area contributed by atoms with E-state index in [4.69, 9.17) is 0 Å². The van der Waals surface area contributed by atoms with Crippen molar-refractivity contribution in [2.24, 2.45) is 5.92 Å². The summed E-state index contributed by atoms with van der Waals surface area (Å²) in [6.07, 6.45) is 2.59. The molecule has 0 heteroatoms. The maximum atomic E-state index is 2.36. The van der Waals surface area contributed by atoms with Gasteiger partial charge in [0, 0.05) is 0 Å². The van der Waals surface area contributed by atoms with Crippen LogP contribution in [0.5, 0.6) is 0 Å². The van der Waals surface area contributed by atoms with Gasteiger partial charge in [-0.05, 0) is 35.3 Å². The molecule has 1 aromatic rings. The third kappa shape index (κ3) is 1.50. The minimum Gasteiger partial charge on any atom is -0.0622 e. The molecule has 0 fully saturated rings. The van der Waals surface area contributed by atoms with Crippen LogP contribution in [-0.4, -0.2) is 0 Å². The van der Waals surface area contributed by atoms with Crippen molar-refractivity contribution in [1.82, 2.24) is 0 Å². The van der Waals surface area contributed by atoms with Crippen LogP contribution in [0, 0.1) is 5.92 Å². The van der Waals surface area contributed by atoms with E-state index >= 15 is 0 Å². The van der Waals surface area contributed by atoms with E-state index in [1.165, 1.54) is 12.8 Å². The quantitative estimate of drug-likeness (QED) is 0.564. The second-order valence-electron chi connectivity index (χ2n) is 5.05. The molecule has 1 atom stereocenters. The van der Waals surface area contributed by atoms with E-state index < -0.39 is 0 Å². The summed E-state index contributed by atoms with van der Waals surface area (Å²) in [5.74, 6) is 0.838. The Morgan fingerprint density at radius 1 is 1.23 bits per heavy atom. The van der Waals surface area contributed by atoms with Gasteiger partial charge in [-0.3, -0.25) is 0 Å². The molecule has 0 saturated heterocycles. The first-order valence-corrected chi connectivity index (χ1v) is 5.18.